The van der Waals surface area contributed by atoms with E-state index in [4.69, 9.17) is 33.0 Å². The lowest BCUT2D eigenvalue weighted by Gasteiger charge is -2.15. The Morgan fingerprint density at radius 2 is 1.81 bits per heavy atom. The van der Waals surface area contributed by atoms with Crippen molar-refractivity contribution in [3.63, 3.8) is 0 Å². The number of amides is 1. The topological polar surface area (TPSA) is 76.8 Å². The summed E-state index contributed by atoms with van der Waals surface area (Å²) in [6.45, 7) is 0.0905. The van der Waals surface area contributed by atoms with Crippen LogP contribution in [-0.2, 0) is 9.59 Å². The molecule has 1 saturated heterocycles. The summed E-state index contributed by atoms with van der Waals surface area (Å²) in [6, 6.07) is 19.6. The average molecular weight is 554 g/mol. The van der Waals surface area contributed by atoms with Gasteiger partial charge in [-0.05, 0) is 41.5 Å². The average Bonchev–Trinajstić information content (AvgIpc) is 3.37. The second-order valence-electron chi connectivity index (χ2n) is 7.70. The van der Waals surface area contributed by atoms with Crippen LogP contribution in [0.3, 0.4) is 0 Å². The Kier molecular flexibility index (Phi) is 7.06. The highest BCUT2D eigenvalue weighted by Crippen LogP contribution is 2.39. The normalized spacial score (nSPS) is 14.7. The van der Waals surface area contributed by atoms with E-state index in [9.17, 15) is 14.4 Å². The van der Waals surface area contributed by atoms with Crippen molar-refractivity contribution in [2.24, 2.45) is 0 Å². The zero-order chi connectivity index (χ0) is 25.2. The highest BCUT2D eigenvalue weighted by atomic mass is 35.5. The van der Waals surface area contributed by atoms with E-state index in [2.05, 4.69) is 0 Å². The lowest BCUT2D eigenvalue weighted by molar-refractivity contribution is -0.134. The fraction of sp³-hybridized carbons (Fsp3) is 0.0769. The first kappa shape index (κ1) is 24.5. The van der Waals surface area contributed by atoms with Gasteiger partial charge in [0, 0.05) is 17.1 Å². The molecular formula is C26H16ClNO5S3. The third kappa shape index (κ3) is 5.15. The summed E-state index contributed by atoms with van der Waals surface area (Å²) in [4.78, 5) is 39.0. The fourth-order valence-corrected chi connectivity index (χ4v) is 5.93. The number of benzene rings is 3. The second-order valence-corrected chi connectivity index (χ2v) is 10.8. The van der Waals surface area contributed by atoms with Gasteiger partial charge in [-0.3, -0.25) is 14.5 Å². The number of carbonyl (C=O) groups excluding carboxylic acids is 2. The van der Waals surface area contributed by atoms with Gasteiger partial charge in [-0.15, -0.1) is 0 Å². The van der Waals surface area contributed by atoms with Crippen molar-refractivity contribution in [3.05, 3.63) is 92.0 Å². The second kappa shape index (κ2) is 10.4. The quantitative estimate of drug-likeness (QED) is 0.119. The molecule has 3 aromatic carbocycles. The van der Waals surface area contributed by atoms with E-state index in [-0.39, 0.29) is 24.6 Å². The van der Waals surface area contributed by atoms with Crippen molar-refractivity contribution in [2.45, 2.75) is 6.42 Å². The Balaban J connectivity index is 1.34. The minimum absolute atomic E-state index is 0.0647. The minimum Gasteiger partial charge on any atom is -0.426 e. The maximum atomic E-state index is 12.9. The number of hydrogen-bond donors (Lipinski definition) is 0. The third-order valence-corrected chi connectivity index (χ3v) is 7.82. The SMILES string of the molecule is O=C(CCN1C(=O)C(=Cc2ccccc2)SC1=S)Oc1ccc2oc(=O)sc2c1-c1ccc(Cl)cc1. The van der Waals surface area contributed by atoms with E-state index >= 15 is 0 Å². The molecule has 2 heterocycles. The van der Waals surface area contributed by atoms with Gasteiger partial charge in [-0.25, -0.2) is 4.79 Å². The van der Waals surface area contributed by atoms with Crippen LogP contribution in [0.2, 0.25) is 5.02 Å². The molecule has 0 N–H and O–H groups in total. The van der Waals surface area contributed by atoms with E-state index in [0.29, 0.717) is 35.7 Å². The number of carbonyl (C=O) groups is 2. The summed E-state index contributed by atoms with van der Waals surface area (Å²) in [5.41, 5.74) is 2.57. The third-order valence-electron chi connectivity index (χ3n) is 5.33. The van der Waals surface area contributed by atoms with Crippen LogP contribution < -0.4 is 9.68 Å². The number of rotatable bonds is 6. The Bertz CT molecular complexity index is 1570. The number of thiocarbonyl (C=S) groups is 1. The molecule has 4 aromatic rings. The molecule has 6 nitrogen and oxygen atoms in total. The molecule has 0 unspecified atom stereocenters. The van der Waals surface area contributed by atoms with Gasteiger partial charge in [0.15, 0.2) is 0 Å². The van der Waals surface area contributed by atoms with Gasteiger partial charge in [-0.1, -0.05) is 89.4 Å². The monoisotopic (exact) mass is 553 g/mol. The van der Waals surface area contributed by atoms with E-state index in [1.54, 1.807) is 42.5 Å². The molecule has 0 bridgehead atoms. The van der Waals surface area contributed by atoms with Crippen LogP contribution in [0.25, 0.3) is 27.5 Å². The zero-order valence-corrected chi connectivity index (χ0v) is 21.6. The van der Waals surface area contributed by atoms with E-state index < -0.39 is 10.9 Å². The summed E-state index contributed by atoms with van der Waals surface area (Å²) >= 11 is 13.5. The van der Waals surface area contributed by atoms with Gasteiger partial charge in [0.2, 0.25) is 0 Å². The Morgan fingerprint density at radius 1 is 1.06 bits per heavy atom. The van der Waals surface area contributed by atoms with Gasteiger partial charge in [-0.2, -0.15) is 0 Å². The van der Waals surface area contributed by atoms with Gasteiger partial charge in [0.25, 0.3) is 5.91 Å². The molecule has 36 heavy (non-hydrogen) atoms. The molecule has 0 aliphatic carbocycles. The van der Waals surface area contributed by atoms with Crippen molar-refractivity contribution in [2.75, 3.05) is 6.54 Å². The number of fused-ring (bicyclic) bond motifs is 1. The van der Waals surface area contributed by atoms with Crippen molar-refractivity contribution in [3.8, 4) is 16.9 Å². The van der Waals surface area contributed by atoms with E-state index in [1.807, 2.05) is 30.3 Å². The summed E-state index contributed by atoms with van der Waals surface area (Å²) in [5, 5.41) is 0.551. The lowest BCUT2D eigenvalue weighted by atomic mass is 10.0. The Morgan fingerprint density at radius 3 is 2.56 bits per heavy atom. The summed E-state index contributed by atoms with van der Waals surface area (Å²) in [7, 11) is 0. The minimum atomic E-state index is -0.540. The van der Waals surface area contributed by atoms with Gasteiger partial charge < -0.3 is 9.15 Å². The number of nitrogens with zero attached hydrogens (tertiary/aromatic N) is 1. The maximum Gasteiger partial charge on any atom is 0.396 e. The fourth-order valence-electron chi connectivity index (χ4n) is 3.67. The van der Waals surface area contributed by atoms with E-state index in [0.717, 1.165) is 16.9 Å². The van der Waals surface area contributed by atoms with Crippen molar-refractivity contribution < 1.29 is 18.7 Å². The predicted molar refractivity (Wildman–Crippen MR) is 147 cm³/mol. The van der Waals surface area contributed by atoms with Crippen LogP contribution in [0.4, 0.5) is 0 Å². The van der Waals surface area contributed by atoms with Crippen LogP contribution in [0, 0.1) is 0 Å². The van der Waals surface area contributed by atoms with Crippen molar-refractivity contribution in [1.29, 1.82) is 0 Å². The molecular weight excluding hydrogens is 538 g/mol. The maximum absolute atomic E-state index is 12.9. The summed E-state index contributed by atoms with van der Waals surface area (Å²) in [6.07, 6.45) is 1.71. The van der Waals surface area contributed by atoms with Gasteiger partial charge in [0.1, 0.15) is 15.7 Å². The molecule has 0 atom stereocenters. The van der Waals surface area contributed by atoms with Crippen LogP contribution in [0.5, 0.6) is 5.75 Å². The first-order valence-corrected chi connectivity index (χ1v) is 13.1. The summed E-state index contributed by atoms with van der Waals surface area (Å²) < 4.78 is 11.9. The summed E-state index contributed by atoms with van der Waals surface area (Å²) in [5.74, 6) is -0.504. The van der Waals surface area contributed by atoms with Crippen LogP contribution >= 0.6 is 46.9 Å². The van der Waals surface area contributed by atoms with Crippen molar-refractivity contribution >= 4 is 79.5 Å². The highest BCUT2D eigenvalue weighted by Gasteiger charge is 2.32. The Hall–Kier alpha value is -3.24. The van der Waals surface area contributed by atoms with Crippen LogP contribution in [-0.4, -0.2) is 27.6 Å². The molecule has 5 rings (SSSR count). The molecule has 1 amide bonds. The Labute approximate surface area is 224 Å². The number of halogens is 1. The van der Waals surface area contributed by atoms with Gasteiger partial charge in [0.05, 0.1) is 16.0 Å². The first-order valence-electron chi connectivity index (χ1n) is 10.7. The lowest BCUT2D eigenvalue weighted by Crippen LogP contribution is -2.31. The molecule has 0 spiro atoms. The predicted octanol–water partition coefficient (Wildman–Crippen LogP) is 6.37. The molecule has 1 fully saturated rings. The first-order chi connectivity index (χ1) is 17.4. The molecule has 1 aliphatic heterocycles. The molecule has 10 heteroatoms. The van der Waals surface area contributed by atoms with Crippen LogP contribution in [0.1, 0.15) is 12.0 Å². The highest BCUT2D eigenvalue weighted by molar-refractivity contribution is 8.26. The number of hydrogen-bond acceptors (Lipinski definition) is 8. The smallest absolute Gasteiger partial charge is 0.396 e. The van der Waals surface area contributed by atoms with Crippen molar-refractivity contribution in [1.82, 2.24) is 4.90 Å². The molecule has 1 aliphatic rings. The molecule has 1 aromatic heterocycles. The standard InChI is InChI=1S/C26H16ClNO5S3/c27-17-8-6-16(7-9-17)22-18(10-11-19-23(22)36-26(31)33-19)32-21(29)12-13-28-24(30)20(35-25(28)34)14-15-4-2-1-3-5-15/h1-11,14H,12-13H2. The largest absolute Gasteiger partial charge is 0.426 e. The molecule has 0 saturated carbocycles. The number of esters is 1. The van der Waals surface area contributed by atoms with Crippen LogP contribution in [0.15, 0.2) is 80.8 Å². The number of thioether (sulfide) groups is 1. The van der Waals surface area contributed by atoms with E-state index in [1.165, 1.54) is 16.7 Å². The zero-order valence-electron chi connectivity index (χ0n) is 18.4. The molecule has 0 radical (unpaired) electrons. The van der Waals surface area contributed by atoms with Gasteiger partial charge >= 0.3 is 10.9 Å². The molecule has 180 valence electrons. The number of ether oxygens (including phenoxy) is 1.